The Morgan fingerprint density at radius 1 is 1.24 bits per heavy atom. The van der Waals surface area contributed by atoms with E-state index in [0.29, 0.717) is 6.04 Å². The summed E-state index contributed by atoms with van der Waals surface area (Å²) in [7, 11) is 0. The van der Waals surface area contributed by atoms with Crippen LogP contribution in [0.25, 0.3) is 0 Å². The molecule has 1 N–H and O–H groups in total. The first kappa shape index (κ1) is 12.4. The summed E-state index contributed by atoms with van der Waals surface area (Å²) in [4.78, 5) is 0. The summed E-state index contributed by atoms with van der Waals surface area (Å²) in [6.45, 7) is 8.20. The van der Waals surface area contributed by atoms with Crippen molar-refractivity contribution in [2.24, 2.45) is 5.92 Å². The number of aryl methyl sites for hydroxylation is 2. The number of likely N-dealkylation sites (N-methyl/N-ethyl adjacent to an activating group) is 1. The van der Waals surface area contributed by atoms with Gasteiger partial charge in [0, 0.05) is 6.04 Å². The molecule has 0 radical (unpaired) electrons. The predicted molar refractivity (Wildman–Crippen MR) is 71.6 cm³/mol. The SMILES string of the molecule is CCNC(COc1cc(C)cc(C)c1)C1CC1. The van der Waals surface area contributed by atoms with Gasteiger partial charge in [0.25, 0.3) is 0 Å². The first-order valence-electron chi connectivity index (χ1n) is 6.63. The lowest BCUT2D eigenvalue weighted by Gasteiger charge is -2.18. The van der Waals surface area contributed by atoms with Gasteiger partial charge in [0.2, 0.25) is 0 Å². The minimum absolute atomic E-state index is 0.529. The van der Waals surface area contributed by atoms with E-state index in [1.165, 1.54) is 24.0 Å². The molecule has 0 heterocycles. The first-order valence-corrected chi connectivity index (χ1v) is 6.63. The Morgan fingerprint density at radius 3 is 2.41 bits per heavy atom. The highest BCUT2D eigenvalue weighted by Gasteiger charge is 2.30. The van der Waals surface area contributed by atoms with Crippen molar-refractivity contribution in [3.8, 4) is 5.75 Å². The number of nitrogens with one attached hydrogen (secondary N) is 1. The molecular formula is C15H23NO. The number of rotatable bonds is 6. The van der Waals surface area contributed by atoms with Crippen molar-refractivity contribution in [2.75, 3.05) is 13.2 Å². The lowest BCUT2D eigenvalue weighted by atomic mass is 10.1. The molecule has 0 amide bonds. The Hall–Kier alpha value is -1.02. The van der Waals surface area contributed by atoms with Gasteiger partial charge in [-0.25, -0.2) is 0 Å². The summed E-state index contributed by atoms with van der Waals surface area (Å²) in [5.41, 5.74) is 2.54. The third-order valence-electron chi connectivity index (χ3n) is 3.28. The lowest BCUT2D eigenvalue weighted by molar-refractivity contribution is 0.251. The summed E-state index contributed by atoms with van der Waals surface area (Å²) in [6, 6.07) is 6.93. The molecule has 1 aliphatic rings. The number of ether oxygens (including phenoxy) is 1. The van der Waals surface area contributed by atoms with Crippen molar-refractivity contribution in [2.45, 2.75) is 39.7 Å². The van der Waals surface area contributed by atoms with Gasteiger partial charge in [-0.15, -0.1) is 0 Å². The molecule has 2 rings (SSSR count). The third-order valence-corrected chi connectivity index (χ3v) is 3.28. The molecule has 0 aromatic heterocycles. The van der Waals surface area contributed by atoms with Gasteiger partial charge in [0.05, 0.1) is 0 Å². The molecule has 1 saturated carbocycles. The fourth-order valence-electron chi connectivity index (χ4n) is 2.32. The van der Waals surface area contributed by atoms with E-state index in [4.69, 9.17) is 4.74 Å². The van der Waals surface area contributed by atoms with Crippen molar-refractivity contribution < 1.29 is 4.74 Å². The molecule has 1 atom stereocenters. The lowest BCUT2D eigenvalue weighted by Crippen LogP contribution is -2.36. The minimum Gasteiger partial charge on any atom is -0.492 e. The molecule has 2 nitrogen and oxygen atoms in total. The molecule has 1 unspecified atom stereocenters. The molecule has 1 aliphatic carbocycles. The van der Waals surface area contributed by atoms with E-state index in [2.05, 4.69) is 44.3 Å². The van der Waals surface area contributed by atoms with Gasteiger partial charge in [-0.2, -0.15) is 0 Å². The van der Waals surface area contributed by atoms with E-state index < -0.39 is 0 Å². The molecule has 0 saturated heterocycles. The second-order valence-corrected chi connectivity index (χ2v) is 5.14. The van der Waals surface area contributed by atoms with Crippen LogP contribution in [0.15, 0.2) is 18.2 Å². The fraction of sp³-hybridized carbons (Fsp3) is 0.600. The van der Waals surface area contributed by atoms with E-state index in [1.807, 2.05) is 0 Å². The Balaban J connectivity index is 1.91. The maximum Gasteiger partial charge on any atom is 0.119 e. The van der Waals surface area contributed by atoms with E-state index in [1.54, 1.807) is 0 Å². The average molecular weight is 233 g/mol. The summed E-state index contributed by atoms with van der Waals surface area (Å²) >= 11 is 0. The van der Waals surface area contributed by atoms with Crippen LogP contribution >= 0.6 is 0 Å². The number of benzene rings is 1. The molecule has 1 fully saturated rings. The van der Waals surface area contributed by atoms with E-state index in [-0.39, 0.29) is 0 Å². The number of hydrogen-bond acceptors (Lipinski definition) is 2. The average Bonchev–Trinajstić information content (AvgIpc) is 3.06. The molecule has 17 heavy (non-hydrogen) atoms. The standard InChI is InChI=1S/C15H23NO/c1-4-16-15(13-5-6-13)10-17-14-8-11(2)7-12(3)9-14/h7-9,13,15-16H,4-6,10H2,1-3H3. The molecular weight excluding hydrogens is 210 g/mol. The summed E-state index contributed by atoms with van der Waals surface area (Å²) in [5.74, 6) is 1.84. The van der Waals surface area contributed by atoms with Crippen LogP contribution in [0.4, 0.5) is 0 Å². The first-order chi connectivity index (χ1) is 8.19. The van der Waals surface area contributed by atoms with Crippen molar-refractivity contribution >= 4 is 0 Å². The second kappa shape index (κ2) is 5.54. The van der Waals surface area contributed by atoms with E-state index in [9.17, 15) is 0 Å². The zero-order valence-corrected chi connectivity index (χ0v) is 11.1. The van der Waals surface area contributed by atoms with Gasteiger partial charge in [-0.3, -0.25) is 0 Å². The Morgan fingerprint density at radius 2 is 1.88 bits per heavy atom. The molecule has 0 spiro atoms. The quantitative estimate of drug-likeness (QED) is 0.815. The highest BCUT2D eigenvalue weighted by Crippen LogP contribution is 2.33. The van der Waals surface area contributed by atoms with Gasteiger partial charge in [-0.1, -0.05) is 13.0 Å². The predicted octanol–water partition coefficient (Wildman–Crippen LogP) is 3.07. The Bertz CT molecular complexity index is 351. The van der Waals surface area contributed by atoms with Crippen molar-refractivity contribution in [3.63, 3.8) is 0 Å². The van der Waals surface area contributed by atoms with Crippen LogP contribution in [-0.4, -0.2) is 19.2 Å². The molecule has 0 aliphatic heterocycles. The molecule has 2 heteroatoms. The third kappa shape index (κ3) is 3.74. The zero-order valence-electron chi connectivity index (χ0n) is 11.1. The van der Waals surface area contributed by atoms with Gasteiger partial charge in [0.15, 0.2) is 0 Å². The summed E-state index contributed by atoms with van der Waals surface area (Å²) in [5, 5.41) is 3.52. The van der Waals surface area contributed by atoms with E-state index in [0.717, 1.165) is 24.8 Å². The molecule has 94 valence electrons. The second-order valence-electron chi connectivity index (χ2n) is 5.14. The van der Waals surface area contributed by atoms with Crippen molar-refractivity contribution in [1.29, 1.82) is 0 Å². The van der Waals surface area contributed by atoms with Gasteiger partial charge in [-0.05, 0) is 62.4 Å². The maximum atomic E-state index is 5.92. The highest BCUT2D eigenvalue weighted by atomic mass is 16.5. The fourth-order valence-corrected chi connectivity index (χ4v) is 2.32. The van der Waals surface area contributed by atoms with Crippen LogP contribution in [0.1, 0.15) is 30.9 Å². The smallest absolute Gasteiger partial charge is 0.119 e. The highest BCUT2D eigenvalue weighted by molar-refractivity contribution is 5.33. The molecule has 1 aromatic carbocycles. The maximum absolute atomic E-state index is 5.92. The van der Waals surface area contributed by atoms with Crippen molar-refractivity contribution in [3.05, 3.63) is 29.3 Å². The van der Waals surface area contributed by atoms with Crippen LogP contribution < -0.4 is 10.1 Å². The van der Waals surface area contributed by atoms with Crippen LogP contribution in [0.2, 0.25) is 0 Å². The topological polar surface area (TPSA) is 21.3 Å². The molecule has 1 aromatic rings. The van der Waals surface area contributed by atoms with Crippen LogP contribution in [0.3, 0.4) is 0 Å². The summed E-state index contributed by atoms with van der Waals surface area (Å²) < 4.78 is 5.92. The minimum atomic E-state index is 0.529. The number of hydrogen-bond donors (Lipinski definition) is 1. The molecule has 0 bridgehead atoms. The monoisotopic (exact) mass is 233 g/mol. The normalized spacial score (nSPS) is 16.9. The van der Waals surface area contributed by atoms with E-state index >= 15 is 0 Å². The Labute approximate surface area is 104 Å². The van der Waals surface area contributed by atoms with Crippen LogP contribution in [0.5, 0.6) is 5.75 Å². The van der Waals surface area contributed by atoms with Crippen molar-refractivity contribution in [1.82, 2.24) is 5.32 Å². The zero-order chi connectivity index (χ0) is 12.3. The van der Waals surface area contributed by atoms with Gasteiger partial charge >= 0.3 is 0 Å². The van der Waals surface area contributed by atoms with Crippen LogP contribution in [-0.2, 0) is 0 Å². The van der Waals surface area contributed by atoms with Crippen LogP contribution in [0, 0.1) is 19.8 Å². The van der Waals surface area contributed by atoms with Gasteiger partial charge in [0.1, 0.15) is 12.4 Å². The Kier molecular flexibility index (Phi) is 4.06. The largest absolute Gasteiger partial charge is 0.492 e. The van der Waals surface area contributed by atoms with Gasteiger partial charge < -0.3 is 10.1 Å². The summed E-state index contributed by atoms with van der Waals surface area (Å²) in [6.07, 6.45) is 2.71.